The Balaban J connectivity index is 2.06. The lowest BCUT2D eigenvalue weighted by Gasteiger charge is -2.44. The van der Waals surface area contributed by atoms with Crippen molar-refractivity contribution in [3.63, 3.8) is 0 Å². The maximum absolute atomic E-state index is 9.49. The van der Waals surface area contributed by atoms with E-state index < -0.39 is 5.60 Å². The third kappa shape index (κ3) is 1.32. The molecule has 2 rings (SSSR count). The molecule has 0 spiro atoms. The molecule has 0 atom stereocenters. The molecular weight excluding hydrogens is 172 g/mol. The van der Waals surface area contributed by atoms with E-state index in [9.17, 15) is 5.11 Å². The van der Waals surface area contributed by atoms with Crippen molar-refractivity contribution in [3.05, 3.63) is 11.1 Å². The van der Waals surface area contributed by atoms with Gasteiger partial charge in [0.1, 0.15) is 0 Å². The zero-order valence-electron chi connectivity index (χ0n) is 7.24. The van der Waals surface area contributed by atoms with Crippen LogP contribution >= 0.6 is 11.3 Å². The van der Waals surface area contributed by atoms with Gasteiger partial charge in [-0.05, 0) is 13.8 Å². The molecule has 0 radical (unpaired) electrons. The molecule has 2 heterocycles. The fourth-order valence-electron chi connectivity index (χ4n) is 1.40. The first-order valence-corrected chi connectivity index (χ1v) is 4.84. The smallest absolute Gasteiger partial charge is 0.185 e. The van der Waals surface area contributed by atoms with Crippen molar-refractivity contribution in [2.45, 2.75) is 19.4 Å². The summed E-state index contributed by atoms with van der Waals surface area (Å²) in [4.78, 5) is 6.43. The van der Waals surface area contributed by atoms with Crippen molar-refractivity contribution in [2.24, 2.45) is 0 Å². The lowest BCUT2D eigenvalue weighted by molar-refractivity contribution is 0.0310. The van der Waals surface area contributed by atoms with Gasteiger partial charge in [0.05, 0.1) is 24.4 Å². The molecule has 12 heavy (non-hydrogen) atoms. The fourth-order valence-corrected chi connectivity index (χ4v) is 2.20. The molecule has 1 saturated heterocycles. The number of β-amino-alcohol motifs (C(OH)–C–C–N with tert-alkyl or cyclic N) is 1. The van der Waals surface area contributed by atoms with Gasteiger partial charge in [-0.15, -0.1) is 11.3 Å². The Labute approximate surface area is 75.7 Å². The van der Waals surface area contributed by atoms with E-state index in [1.54, 1.807) is 11.3 Å². The molecule has 1 aliphatic heterocycles. The molecule has 1 aromatic rings. The van der Waals surface area contributed by atoms with Crippen molar-refractivity contribution < 1.29 is 5.11 Å². The van der Waals surface area contributed by atoms with Crippen molar-refractivity contribution in [3.8, 4) is 0 Å². The molecule has 1 aliphatic rings. The van der Waals surface area contributed by atoms with Gasteiger partial charge in [-0.3, -0.25) is 0 Å². The van der Waals surface area contributed by atoms with Gasteiger partial charge in [0.15, 0.2) is 5.13 Å². The predicted molar refractivity (Wildman–Crippen MR) is 49.7 cm³/mol. The molecule has 0 amide bonds. The number of anilines is 1. The second-order valence-electron chi connectivity index (χ2n) is 3.62. The van der Waals surface area contributed by atoms with Crippen molar-refractivity contribution in [1.82, 2.24) is 4.98 Å². The summed E-state index contributed by atoms with van der Waals surface area (Å²) in [5, 5.41) is 12.5. The fraction of sp³-hybridized carbons (Fsp3) is 0.625. The van der Waals surface area contributed by atoms with Crippen molar-refractivity contribution in [1.29, 1.82) is 0 Å². The summed E-state index contributed by atoms with van der Waals surface area (Å²) in [6.07, 6.45) is 0. The Bertz CT molecular complexity index is 287. The Hall–Kier alpha value is -0.610. The zero-order valence-corrected chi connectivity index (χ0v) is 8.06. The van der Waals surface area contributed by atoms with Crippen LogP contribution < -0.4 is 4.90 Å². The van der Waals surface area contributed by atoms with Crippen LogP contribution in [0.15, 0.2) is 5.38 Å². The second-order valence-corrected chi connectivity index (χ2v) is 4.46. The second kappa shape index (κ2) is 2.44. The van der Waals surface area contributed by atoms with Gasteiger partial charge in [0.2, 0.25) is 0 Å². The van der Waals surface area contributed by atoms with E-state index in [0.717, 1.165) is 10.8 Å². The molecule has 4 heteroatoms. The standard InChI is InChI=1S/C8H12N2OS/c1-6-3-12-7(9-6)10-4-8(2,11)5-10/h3,11H,4-5H2,1-2H3. The molecule has 0 bridgehead atoms. The van der Waals surface area contributed by atoms with Gasteiger partial charge in [-0.1, -0.05) is 0 Å². The van der Waals surface area contributed by atoms with Crippen LogP contribution in [0.1, 0.15) is 12.6 Å². The highest BCUT2D eigenvalue weighted by atomic mass is 32.1. The molecule has 66 valence electrons. The normalized spacial score (nSPS) is 20.8. The minimum absolute atomic E-state index is 0.500. The van der Waals surface area contributed by atoms with E-state index in [1.807, 2.05) is 19.2 Å². The largest absolute Gasteiger partial charge is 0.386 e. The summed E-state index contributed by atoms with van der Waals surface area (Å²) in [7, 11) is 0. The van der Waals surface area contributed by atoms with Crippen LogP contribution in [0.3, 0.4) is 0 Å². The van der Waals surface area contributed by atoms with Crippen LogP contribution in [0.5, 0.6) is 0 Å². The lowest BCUT2D eigenvalue weighted by atomic mass is 9.98. The van der Waals surface area contributed by atoms with Crippen LogP contribution in [0.2, 0.25) is 0 Å². The summed E-state index contributed by atoms with van der Waals surface area (Å²) in [6, 6.07) is 0. The van der Waals surface area contributed by atoms with Crippen LogP contribution in [0, 0.1) is 6.92 Å². The van der Waals surface area contributed by atoms with Gasteiger partial charge < -0.3 is 10.0 Å². The number of aromatic nitrogens is 1. The molecule has 0 saturated carbocycles. The SMILES string of the molecule is Cc1csc(N2CC(C)(O)C2)n1. The number of rotatable bonds is 1. The van der Waals surface area contributed by atoms with Gasteiger partial charge in [0.25, 0.3) is 0 Å². The highest BCUT2D eigenvalue weighted by Crippen LogP contribution is 2.29. The molecule has 3 nitrogen and oxygen atoms in total. The van der Waals surface area contributed by atoms with E-state index >= 15 is 0 Å². The number of thiazole rings is 1. The monoisotopic (exact) mass is 184 g/mol. The Morgan fingerprint density at radius 1 is 1.67 bits per heavy atom. The first-order valence-electron chi connectivity index (χ1n) is 3.96. The third-order valence-electron chi connectivity index (χ3n) is 1.94. The Morgan fingerprint density at radius 2 is 2.33 bits per heavy atom. The number of aliphatic hydroxyl groups is 1. The minimum Gasteiger partial charge on any atom is -0.386 e. The minimum atomic E-state index is -0.500. The number of aryl methyl sites for hydroxylation is 1. The van der Waals surface area contributed by atoms with Crippen molar-refractivity contribution >= 4 is 16.5 Å². The van der Waals surface area contributed by atoms with E-state index in [0.29, 0.717) is 13.1 Å². The van der Waals surface area contributed by atoms with Crippen LogP contribution in [0.4, 0.5) is 5.13 Å². The van der Waals surface area contributed by atoms with E-state index in [1.165, 1.54) is 0 Å². The van der Waals surface area contributed by atoms with Gasteiger partial charge in [-0.25, -0.2) is 4.98 Å². The van der Waals surface area contributed by atoms with Crippen LogP contribution in [0.25, 0.3) is 0 Å². The Morgan fingerprint density at radius 3 is 2.75 bits per heavy atom. The maximum atomic E-state index is 9.49. The van der Waals surface area contributed by atoms with Gasteiger partial charge in [0, 0.05) is 5.38 Å². The average molecular weight is 184 g/mol. The molecule has 0 aromatic carbocycles. The quantitative estimate of drug-likeness (QED) is 0.708. The van der Waals surface area contributed by atoms with E-state index in [2.05, 4.69) is 9.88 Å². The van der Waals surface area contributed by atoms with E-state index in [-0.39, 0.29) is 0 Å². The van der Waals surface area contributed by atoms with Gasteiger partial charge in [-0.2, -0.15) is 0 Å². The number of nitrogens with zero attached hydrogens (tertiary/aromatic N) is 2. The first-order chi connectivity index (χ1) is 5.57. The first kappa shape index (κ1) is 8.01. The van der Waals surface area contributed by atoms with Crippen molar-refractivity contribution in [2.75, 3.05) is 18.0 Å². The topological polar surface area (TPSA) is 36.4 Å². The third-order valence-corrected chi connectivity index (χ3v) is 2.96. The zero-order chi connectivity index (χ0) is 8.77. The Kier molecular flexibility index (Phi) is 1.63. The number of hydrogen-bond donors (Lipinski definition) is 1. The molecular formula is C8H12N2OS. The average Bonchev–Trinajstić information content (AvgIpc) is 2.30. The molecule has 1 aromatic heterocycles. The molecule has 1 N–H and O–H groups in total. The highest BCUT2D eigenvalue weighted by molar-refractivity contribution is 7.13. The predicted octanol–water partition coefficient (Wildman–Crippen LogP) is 1.02. The molecule has 1 fully saturated rings. The number of hydrogen-bond acceptors (Lipinski definition) is 4. The summed E-state index contributed by atoms with van der Waals surface area (Å²) in [5.41, 5.74) is 0.557. The van der Waals surface area contributed by atoms with Crippen LogP contribution in [-0.4, -0.2) is 28.8 Å². The summed E-state index contributed by atoms with van der Waals surface area (Å²) >= 11 is 1.64. The molecule has 0 aliphatic carbocycles. The lowest BCUT2D eigenvalue weighted by Crippen LogP contribution is -2.60. The molecule has 0 unspecified atom stereocenters. The summed E-state index contributed by atoms with van der Waals surface area (Å²) in [5.74, 6) is 0. The summed E-state index contributed by atoms with van der Waals surface area (Å²) < 4.78 is 0. The maximum Gasteiger partial charge on any atom is 0.185 e. The van der Waals surface area contributed by atoms with E-state index in [4.69, 9.17) is 0 Å². The van der Waals surface area contributed by atoms with Gasteiger partial charge >= 0.3 is 0 Å². The summed E-state index contributed by atoms with van der Waals surface area (Å²) in [6.45, 7) is 5.25. The van der Waals surface area contributed by atoms with Crippen LogP contribution in [-0.2, 0) is 0 Å². The highest BCUT2D eigenvalue weighted by Gasteiger charge is 2.37.